The molecule has 0 aliphatic carbocycles. The largest absolute Gasteiger partial charge is 0.444 e. The van der Waals surface area contributed by atoms with E-state index in [1.807, 2.05) is 70.0 Å². The summed E-state index contributed by atoms with van der Waals surface area (Å²) in [5.74, 6) is 0.988. The van der Waals surface area contributed by atoms with Gasteiger partial charge in [-0.15, -0.1) is 0 Å². The summed E-state index contributed by atoms with van der Waals surface area (Å²) in [6.07, 6.45) is 3.45. The second-order valence-electron chi connectivity index (χ2n) is 8.89. The van der Waals surface area contributed by atoms with Crippen molar-refractivity contribution in [3.05, 3.63) is 58.7 Å². The van der Waals surface area contributed by atoms with Crippen molar-refractivity contribution in [2.24, 2.45) is 0 Å². The number of ether oxygens (including phenoxy) is 1. The maximum atomic E-state index is 12.3. The van der Waals surface area contributed by atoms with Crippen LogP contribution in [-0.4, -0.2) is 39.7 Å². The third kappa shape index (κ3) is 6.90. The number of piperidine rings is 1. The van der Waals surface area contributed by atoms with Crippen molar-refractivity contribution < 1.29 is 9.53 Å². The zero-order valence-corrected chi connectivity index (χ0v) is 21.6. The Morgan fingerprint density at radius 3 is 2.55 bits per heavy atom. The van der Waals surface area contributed by atoms with Crippen LogP contribution in [0.15, 0.2) is 53.1 Å². The molecule has 0 bridgehead atoms. The van der Waals surface area contributed by atoms with Gasteiger partial charge in [0.15, 0.2) is 0 Å². The number of hydrogen-bond donors (Lipinski definition) is 1. The molecule has 7 heteroatoms. The molecule has 0 spiro atoms. The second-order valence-corrected chi connectivity index (χ2v) is 9.80. The quantitative estimate of drug-likeness (QED) is 0.399. The molecule has 176 valence electrons. The lowest BCUT2D eigenvalue weighted by atomic mass is 9.89. The normalized spacial score (nSPS) is 14.4. The Kier molecular flexibility index (Phi) is 8.30. The van der Waals surface area contributed by atoms with Gasteiger partial charge in [0.05, 0.1) is 5.52 Å². The molecule has 1 saturated heterocycles. The van der Waals surface area contributed by atoms with Crippen molar-refractivity contribution in [2.45, 2.75) is 59.0 Å². The fourth-order valence-electron chi connectivity index (χ4n) is 3.79. The number of nitrogens with one attached hydrogen (secondary N) is 1. The van der Waals surface area contributed by atoms with Crippen molar-refractivity contribution >= 4 is 44.6 Å². The molecule has 0 atom stereocenters. The molecule has 1 aliphatic rings. The summed E-state index contributed by atoms with van der Waals surface area (Å²) in [6.45, 7) is 11.1. The summed E-state index contributed by atoms with van der Waals surface area (Å²) in [6, 6.07) is 14.3. The van der Waals surface area contributed by atoms with Gasteiger partial charge in [0.1, 0.15) is 5.60 Å². The maximum Gasteiger partial charge on any atom is 0.410 e. The van der Waals surface area contributed by atoms with Crippen LogP contribution in [0.5, 0.6) is 0 Å². The molecule has 6 nitrogen and oxygen atoms in total. The van der Waals surface area contributed by atoms with E-state index < -0.39 is 5.60 Å². The number of nitrogens with zero attached hydrogens (tertiary/aromatic N) is 3. The molecule has 0 saturated carbocycles. The zero-order valence-electron chi connectivity index (χ0n) is 20.1. The van der Waals surface area contributed by atoms with Crippen molar-refractivity contribution in [3.63, 3.8) is 0 Å². The smallest absolute Gasteiger partial charge is 0.410 e. The van der Waals surface area contributed by atoms with Crippen LogP contribution >= 0.6 is 15.9 Å². The number of fused-ring (bicyclic) bond motifs is 1. The number of aromatic nitrogens is 2. The third-order valence-corrected chi connectivity index (χ3v) is 5.80. The zero-order chi connectivity index (χ0) is 24.0. The van der Waals surface area contributed by atoms with E-state index >= 15 is 0 Å². The van der Waals surface area contributed by atoms with Crippen molar-refractivity contribution in [1.82, 2.24) is 14.9 Å². The van der Waals surface area contributed by atoms with Crippen LogP contribution in [0.25, 0.3) is 10.9 Å². The lowest BCUT2D eigenvalue weighted by Gasteiger charge is -2.33. The number of benzene rings is 2. The minimum absolute atomic E-state index is 0.221. The summed E-state index contributed by atoms with van der Waals surface area (Å²) < 4.78 is 6.51. The minimum Gasteiger partial charge on any atom is -0.444 e. The van der Waals surface area contributed by atoms with Gasteiger partial charge in [-0.25, -0.2) is 14.8 Å². The molecule has 0 unspecified atom stereocenters. The predicted molar refractivity (Wildman–Crippen MR) is 138 cm³/mol. The highest BCUT2D eigenvalue weighted by Crippen LogP contribution is 2.31. The molecular formula is C26H33BrN4O2. The number of carbonyl (C=O) groups is 1. The predicted octanol–water partition coefficient (Wildman–Crippen LogP) is 7.28. The average Bonchev–Trinajstić information content (AvgIpc) is 2.80. The monoisotopic (exact) mass is 512 g/mol. The molecule has 2 aromatic carbocycles. The summed E-state index contributed by atoms with van der Waals surface area (Å²) >= 11 is 3.47. The fraction of sp³-hybridized carbons (Fsp3) is 0.423. The highest BCUT2D eigenvalue weighted by atomic mass is 79.9. The number of carbonyl (C=O) groups excluding carboxylic acids is 1. The second kappa shape index (κ2) is 11.0. The van der Waals surface area contributed by atoms with Crippen LogP contribution in [0.1, 0.15) is 58.9 Å². The molecule has 33 heavy (non-hydrogen) atoms. The maximum absolute atomic E-state index is 12.3. The number of anilines is 2. The number of amides is 1. The Hall–Kier alpha value is -2.67. The molecule has 1 N–H and O–H groups in total. The van der Waals surface area contributed by atoms with Gasteiger partial charge in [-0.3, -0.25) is 0 Å². The summed E-state index contributed by atoms with van der Waals surface area (Å²) in [5.41, 5.74) is 2.66. The van der Waals surface area contributed by atoms with Gasteiger partial charge in [0.25, 0.3) is 0 Å². The Bertz CT molecular complexity index is 1090. The third-order valence-electron chi connectivity index (χ3n) is 5.30. The molecule has 4 rings (SSSR count). The van der Waals surface area contributed by atoms with Crippen molar-refractivity contribution in [2.75, 3.05) is 18.4 Å². The molecule has 1 fully saturated rings. The van der Waals surface area contributed by atoms with Gasteiger partial charge in [0, 0.05) is 34.8 Å². The SMILES string of the molecule is CC.CC(C)(C)OC(=O)N1CCC(c2cccc(Nc3ncc4cc(Br)ccc4n3)c2)CC1. The number of halogens is 1. The summed E-state index contributed by atoms with van der Waals surface area (Å²) in [5, 5.41) is 4.32. The standard InChI is InChI=1S/C24H27BrN4O2.C2H6/c1-24(2,3)31-23(30)29-11-9-16(10-12-29)17-5-4-6-20(14-17)27-22-26-15-18-13-19(25)7-8-21(18)28-22;1-2/h4-8,13-16H,9-12H2,1-3H3,(H,26,27,28);1-2H3. The van der Waals surface area contributed by atoms with E-state index in [0.29, 0.717) is 25.0 Å². The van der Waals surface area contributed by atoms with Crippen LogP contribution in [0.4, 0.5) is 16.4 Å². The van der Waals surface area contributed by atoms with Crippen molar-refractivity contribution in [1.29, 1.82) is 0 Å². The first kappa shape index (κ1) is 25.0. The molecule has 3 aromatic rings. The van der Waals surface area contributed by atoms with Crippen LogP contribution in [0.2, 0.25) is 0 Å². The van der Waals surface area contributed by atoms with Crippen LogP contribution in [0.3, 0.4) is 0 Å². The van der Waals surface area contributed by atoms with E-state index in [4.69, 9.17) is 4.74 Å². The highest BCUT2D eigenvalue weighted by molar-refractivity contribution is 9.10. The average molecular weight is 513 g/mol. The molecule has 2 heterocycles. The fourth-order valence-corrected chi connectivity index (χ4v) is 4.16. The van der Waals surface area contributed by atoms with E-state index in [0.717, 1.165) is 33.9 Å². The first-order chi connectivity index (χ1) is 15.8. The van der Waals surface area contributed by atoms with E-state index in [-0.39, 0.29) is 6.09 Å². The van der Waals surface area contributed by atoms with Crippen molar-refractivity contribution in [3.8, 4) is 0 Å². The minimum atomic E-state index is -0.463. The number of rotatable bonds is 3. The Morgan fingerprint density at radius 1 is 1.12 bits per heavy atom. The van der Waals surface area contributed by atoms with Gasteiger partial charge in [0.2, 0.25) is 5.95 Å². The van der Waals surface area contributed by atoms with Gasteiger partial charge in [-0.1, -0.05) is 41.9 Å². The Balaban J connectivity index is 0.00000149. The van der Waals surface area contributed by atoms with E-state index in [1.165, 1.54) is 5.56 Å². The van der Waals surface area contributed by atoms with Gasteiger partial charge in [-0.05, 0) is 75.4 Å². The van der Waals surface area contributed by atoms with Crippen LogP contribution in [0, 0.1) is 0 Å². The molecule has 0 radical (unpaired) electrons. The number of likely N-dealkylation sites (tertiary alicyclic amines) is 1. The van der Waals surface area contributed by atoms with E-state index in [2.05, 4.69) is 49.4 Å². The van der Waals surface area contributed by atoms with E-state index in [1.54, 1.807) is 0 Å². The van der Waals surface area contributed by atoms with Gasteiger partial charge in [-0.2, -0.15) is 0 Å². The van der Waals surface area contributed by atoms with Gasteiger partial charge < -0.3 is 15.0 Å². The molecule has 1 amide bonds. The Labute approximate surface area is 204 Å². The van der Waals surface area contributed by atoms with E-state index in [9.17, 15) is 4.79 Å². The van der Waals surface area contributed by atoms with Crippen LogP contribution < -0.4 is 5.32 Å². The Morgan fingerprint density at radius 2 is 1.85 bits per heavy atom. The number of hydrogen-bond acceptors (Lipinski definition) is 5. The first-order valence-corrected chi connectivity index (χ1v) is 12.3. The molecule has 1 aliphatic heterocycles. The van der Waals surface area contributed by atoms with Crippen LogP contribution in [-0.2, 0) is 4.74 Å². The lowest BCUT2D eigenvalue weighted by molar-refractivity contribution is 0.0205. The first-order valence-electron chi connectivity index (χ1n) is 11.5. The topological polar surface area (TPSA) is 67.3 Å². The summed E-state index contributed by atoms with van der Waals surface area (Å²) in [4.78, 5) is 23.2. The summed E-state index contributed by atoms with van der Waals surface area (Å²) in [7, 11) is 0. The highest BCUT2D eigenvalue weighted by Gasteiger charge is 2.27. The van der Waals surface area contributed by atoms with Gasteiger partial charge >= 0.3 is 6.09 Å². The molecule has 1 aromatic heterocycles. The lowest BCUT2D eigenvalue weighted by Crippen LogP contribution is -2.41. The molecular weight excluding hydrogens is 480 g/mol.